The third-order valence-corrected chi connectivity index (χ3v) is 4.03. The molecule has 3 heteroatoms. The lowest BCUT2D eigenvalue weighted by Gasteiger charge is -2.35. The highest BCUT2D eigenvalue weighted by Crippen LogP contribution is 2.19. The minimum atomic E-state index is 0.328. The molecular formula is C15H32N2O. The number of ether oxygens (including phenoxy) is 1. The van der Waals surface area contributed by atoms with Gasteiger partial charge in [-0.3, -0.25) is 4.90 Å². The van der Waals surface area contributed by atoms with E-state index in [1.807, 2.05) is 0 Å². The summed E-state index contributed by atoms with van der Waals surface area (Å²) in [4.78, 5) is 2.58. The Kier molecular flexibility index (Phi) is 7.20. The molecule has 0 saturated carbocycles. The van der Waals surface area contributed by atoms with E-state index in [-0.39, 0.29) is 0 Å². The summed E-state index contributed by atoms with van der Waals surface area (Å²) in [5.74, 6) is 0.640. The van der Waals surface area contributed by atoms with Crippen molar-refractivity contribution in [3.63, 3.8) is 0 Å². The summed E-state index contributed by atoms with van der Waals surface area (Å²) in [5.41, 5.74) is 0.328. The van der Waals surface area contributed by atoms with E-state index in [1.165, 1.54) is 32.4 Å². The van der Waals surface area contributed by atoms with Gasteiger partial charge < -0.3 is 10.1 Å². The molecule has 0 atom stereocenters. The molecule has 0 unspecified atom stereocenters. The number of hydrogen-bond donors (Lipinski definition) is 1. The molecule has 108 valence electrons. The van der Waals surface area contributed by atoms with Crippen LogP contribution in [0.25, 0.3) is 0 Å². The normalized spacial score (nSPS) is 21.2. The number of hydrogen-bond acceptors (Lipinski definition) is 3. The van der Waals surface area contributed by atoms with Gasteiger partial charge in [0.1, 0.15) is 0 Å². The first-order valence-corrected chi connectivity index (χ1v) is 7.67. The molecule has 0 aromatic rings. The van der Waals surface area contributed by atoms with Gasteiger partial charge in [0.25, 0.3) is 0 Å². The Morgan fingerprint density at radius 1 is 1.28 bits per heavy atom. The summed E-state index contributed by atoms with van der Waals surface area (Å²) in [6.07, 6.45) is 3.69. The fraction of sp³-hybridized carbons (Fsp3) is 1.00. The van der Waals surface area contributed by atoms with E-state index in [1.54, 1.807) is 0 Å². The minimum Gasteiger partial charge on any atom is -0.380 e. The van der Waals surface area contributed by atoms with Gasteiger partial charge in [0.05, 0.1) is 6.61 Å². The fourth-order valence-electron chi connectivity index (χ4n) is 2.65. The van der Waals surface area contributed by atoms with Crippen LogP contribution in [0, 0.1) is 5.92 Å². The summed E-state index contributed by atoms with van der Waals surface area (Å²) >= 11 is 0. The Morgan fingerprint density at radius 3 is 2.61 bits per heavy atom. The molecule has 1 aliphatic rings. The summed E-state index contributed by atoms with van der Waals surface area (Å²) in [7, 11) is 0. The van der Waals surface area contributed by atoms with Crippen LogP contribution in [-0.2, 0) is 4.74 Å². The largest absolute Gasteiger partial charge is 0.380 e. The topological polar surface area (TPSA) is 24.5 Å². The van der Waals surface area contributed by atoms with Crippen LogP contribution in [0.2, 0.25) is 0 Å². The highest BCUT2D eigenvalue weighted by molar-refractivity contribution is 4.90. The van der Waals surface area contributed by atoms with E-state index in [2.05, 4.69) is 37.9 Å². The van der Waals surface area contributed by atoms with Crippen LogP contribution in [0.3, 0.4) is 0 Å². The van der Waals surface area contributed by atoms with Crippen LogP contribution >= 0.6 is 0 Å². The summed E-state index contributed by atoms with van der Waals surface area (Å²) < 4.78 is 5.71. The molecule has 3 nitrogen and oxygen atoms in total. The summed E-state index contributed by atoms with van der Waals surface area (Å²) in [6, 6.07) is 0. The second-order valence-corrected chi connectivity index (χ2v) is 6.01. The first kappa shape index (κ1) is 15.9. The van der Waals surface area contributed by atoms with Crippen LogP contribution in [0.15, 0.2) is 0 Å². The fourth-order valence-corrected chi connectivity index (χ4v) is 2.65. The van der Waals surface area contributed by atoms with Crippen molar-refractivity contribution in [1.82, 2.24) is 10.2 Å². The van der Waals surface area contributed by atoms with Crippen molar-refractivity contribution in [2.24, 2.45) is 5.92 Å². The van der Waals surface area contributed by atoms with Gasteiger partial charge in [-0.2, -0.15) is 0 Å². The van der Waals surface area contributed by atoms with Crippen LogP contribution < -0.4 is 5.32 Å². The Morgan fingerprint density at radius 2 is 2.00 bits per heavy atom. The Hall–Kier alpha value is -0.120. The molecule has 0 aliphatic carbocycles. The molecule has 1 rings (SSSR count). The van der Waals surface area contributed by atoms with E-state index in [0.29, 0.717) is 11.5 Å². The first-order valence-electron chi connectivity index (χ1n) is 7.67. The zero-order chi connectivity index (χ0) is 13.4. The molecule has 0 bridgehead atoms. The predicted octanol–water partition coefficient (Wildman–Crippen LogP) is 2.51. The molecule has 0 spiro atoms. The summed E-state index contributed by atoms with van der Waals surface area (Å²) in [6.45, 7) is 15.4. The van der Waals surface area contributed by atoms with Crippen LogP contribution in [0.1, 0.15) is 47.0 Å². The number of nitrogens with zero attached hydrogens (tertiary/aromatic N) is 1. The molecule has 1 N–H and O–H groups in total. The predicted molar refractivity (Wildman–Crippen MR) is 78.0 cm³/mol. The van der Waals surface area contributed by atoms with Gasteiger partial charge in [-0.05, 0) is 38.3 Å². The third kappa shape index (κ3) is 5.25. The van der Waals surface area contributed by atoms with E-state index >= 15 is 0 Å². The molecule has 0 aromatic carbocycles. The minimum absolute atomic E-state index is 0.328. The number of nitrogens with one attached hydrogen (secondary N) is 1. The van der Waals surface area contributed by atoms with Crippen molar-refractivity contribution in [3.8, 4) is 0 Å². The Balaban J connectivity index is 2.35. The van der Waals surface area contributed by atoms with Gasteiger partial charge in [-0.15, -0.1) is 0 Å². The van der Waals surface area contributed by atoms with Gasteiger partial charge >= 0.3 is 0 Å². The Labute approximate surface area is 113 Å². The first-order chi connectivity index (χ1) is 8.62. The van der Waals surface area contributed by atoms with E-state index < -0.39 is 0 Å². The molecule has 1 fully saturated rings. The number of rotatable bonds is 7. The lowest BCUT2D eigenvalue weighted by molar-refractivity contribution is 0.0786. The average molecular weight is 256 g/mol. The lowest BCUT2D eigenvalue weighted by Crippen LogP contribution is -2.51. The van der Waals surface area contributed by atoms with Crippen LogP contribution in [0.4, 0.5) is 0 Å². The third-order valence-electron chi connectivity index (χ3n) is 4.03. The SMILES string of the molecule is CCC1(CC)CN(CCOCC(C)C)CCCN1. The van der Waals surface area contributed by atoms with Gasteiger partial charge in [0.15, 0.2) is 0 Å². The van der Waals surface area contributed by atoms with Crippen molar-refractivity contribution < 1.29 is 4.74 Å². The average Bonchev–Trinajstić information content (AvgIpc) is 2.57. The van der Waals surface area contributed by atoms with Gasteiger partial charge in [-0.25, -0.2) is 0 Å². The highest BCUT2D eigenvalue weighted by atomic mass is 16.5. The van der Waals surface area contributed by atoms with Gasteiger partial charge in [-0.1, -0.05) is 27.7 Å². The smallest absolute Gasteiger partial charge is 0.0593 e. The van der Waals surface area contributed by atoms with Gasteiger partial charge in [0.2, 0.25) is 0 Å². The lowest BCUT2D eigenvalue weighted by atomic mass is 9.92. The van der Waals surface area contributed by atoms with Crippen molar-refractivity contribution in [3.05, 3.63) is 0 Å². The zero-order valence-electron chi connectivity index (χ0n) is 12.8. The van der Waals surface area contributed by atoms with E-state index in [4.69, 9.17) is 4.74 Å². The second kappa shape index (κ2) is 8.13. The maximum Gasteiger partial charge on any atom is 0.0593 e. The van der Waals surface area contributed by atoms with Crippen molar-refractivity contribution in [2.75, 3.05) is 39.4 Å². The zero-order valence-corrected chi connectivity index (χ0v) is 12.8. The quantitative estimate of drug-likeness (QED) is 0.708. The highest BCUT2D eigenvalue weighted by Gasteiger charge is 2.29. The maximum absolute atomic E-state index is 5.71. The van der Waals surface area contributed by atoms with Crippen molar-refractivity contribution in [2.45, 2.75) is 52.5 Å². The van der Waals surface area contributed by atoms with Crippen molar-refractivity contribution in [1.29, 1.82) is 0 Å². The molecule has 1 heterocycles. The maximum atomic E-state index is 5.71. The molecule has 1 aliphatic heterocycles. The Bertz CT molecular complexity index is 215. The van der Waals surface area contributed by atoms with Gasteiger partial charge in [0, 0.05) is 25.2 Å². The molecule has 0 radical (unpaired) electrons. The molecule has 18 heavy (non-hydrogen) atoms. The molecule has 0 aromatic heterocycles. The summed E-state index contributed by atoms with van der Waals surface area (Å²) in [5, 5.41) is 3.75. The van der Waals surface area contributed by atoms with Crippen LogP contribution in [-0.4, -0.2) is 49.8 Å². The van der Waals surface area contributed by atoms with E-state index in [9.17, 15) is 0 Å². The monoisotopic (exact) mass is 256 g/mol. The van der Waals surface area contributed by atoms with Crippen molar-refractivity contribution >= 4 is 0 Å². The molecular weight excluding hydrogens is 224 g/mol. The van der Waals surface area contributed by atoms with E-state index in [0.717, 1.165) is 26.3 Å². The standard InChI is InChI=1S/C15H32N2O/c1-5-15(6-2)13-17(9-7-8-16-15)10-11-18-12-14(3)4/h14,16H,5-13H2,1-4H3. The van der Waals surface area contributed by atoms with Crippen LogP contribution in [0.5, 0.6) is 0 Å². The molecule has 0 amide bonds. The molecule has 1 saturated heterocycles. The second-order valence-electron chi connectivity index (χ2n) is 6.01.